The van der Waals surface area contributed by atoms with Gasteiger partial charge in [-0.2, -0.15) is 0 Å². The van der Waals surface area contributed by atoms with Crippen LogP contribution in [0.15, 0.2) is 35.9 Å². The molecule has 24 heavy (non-hydrogen) atoms. The molecule has 1 atom stereocenters. The van der Waals surface area contributed by atoms with Gasteiger partial charge in [0.2, 0.25) is 5.75 Å². The lowest BCUT2D eigenvalue weighted by atomic mass is 9.94. The van der Waals surface area contributed by atoms with E-state index in [0.29, 0.717) is 29.2 Å². The Bertz CT molecular complexity index is 613. The van der Waals surface area contributed by atoms with Crippen molar-refractivity contribution in [1.29, 1.82) is 0 Å². The van der Waals surface area contributed by atoms with Gasteiger partial charge in [0.1, 0.15) is 0 Å². The third kappa shape index (κ3) is 3.87. The smallest absolute Gasteiger partial charge is 0.277 e. The Kier molecular flexibility index (Phi) is 5.83. The van der Waals surface area contributed by atoms with E-state index in [4.69, 9.17) is 18.9 Å². The van der Waals surface area contributed by atoms with Crippen LogP contribution in [0.3, 0.4) is 0 Å². The summed E-state index contributed by atoms with van der Waals surface area (Å²) in [5, 5.41) is 0. The molecule has 0 fully saturated rings. The van der Waals surface area contributed by atoms with Crippen LogP contribution < -0.4 is 14.2 Å². The molecule has 0 bridgehead atoms. The molecule has 0 N–H and O–H groups in total. The van der Waals surface area contributed by atoms with Crippen LogP contribution in [0.5, 0.6) is 17.2 Å². The SMILES string of the molecule is COc1cc(CC(F)(F)C2=CC(OC)CC=C2)cc(OC)c1OC. The van der Waals surface area contributed by atoms with E-state index in [-0.39, 0.29) is 11.7 Å². The molecule has 1 aliphatic rings. The van der Waals surface area contributed by atoms with Crippen molar-refractivity contribution in [2.45, 2.75) is 24.9 Å². The first-order valence-corrected chi connectivity index (χ1v) is 7.53. The molecule has 6 heteroatoms. The summed E-state index contributed by atoms with van der Waals surface area (Å²) >= 11 is 0. The summed E-state index contributed by atoms with van der Waals surface area (Å²) < 4.78 is 50.1. The monoisotopic (exact) mass is 340 g/mol. The quantitative estimate of drug-likeness (QED) is 0.757. The zero-order chi connectivity index (χ0) is 17.7. The minimum Gasteiger partial charge on any atom is -0.493 e. The predicted molar refractivity (Wildman–Crippen MR) is 87.4 cm³/mol. The number of benzene rings is 1. The van der Waals surface area contributed by atoms with Crippen LogP contribution in [0.4, 0.5) is 8.78 Å². The molecule has 0 aromatic heterocycles. The highest BCUT2D eigenvalue weighted by Gasteiger charge is 2.35. The molecule has 0 spiro atoms. The molecule has 1 unspecified atom stereocenters. The molecule has 132 valence electrons. The van der Waals surface area contributed by atoms with Crippen LogP contribution >= 0.6 is 0 Å². The van der Waals surface area contributed by atoms with Gasteiger partial charge in [0.25, 0.3) is 5.92 Å². The molecule has 2 rings (SSSR count). The maximum Gasteiger partial charge on any atom is 0.277 e. The lowest BCUT2D eigenvalue weighted by molar-refractivity contribution is 0.0421. The number of methoxy groups -OCH3 is 4. The van der Waals surface area contributed by atoms with E-state index in [1.54, 1.807) is 6.08 Å². The standard InChI is InChI=1S/C18H22F2O4/c1-21-14-7-5-6-13(10-14)18(19,20)11-12-8-15(22-2)17(24-4)16(9-12)23-3/h5-6,8-10,14H,7,11H2,1-4H3. The number of allylic oxidation sites excluding steroid dienone is 2. The van der Waals surface area contributed by atoms with Crippen molar-refractivity contribution in [3.63, 3.8) is 0 Å². The Morgan fingerprint density at radius 3 is 2.17 bits per heavy atom. The van der Waals surface area contributed by atoms with E-state index in [1.807, 2.05) is 0 Å². The Labute approximate surface area is 140 Å². The second-order valence-electron chi connectivity index (χ2n) is 5.45. The van der Waals surface area contributed by atoms with Crippen molar-refractivity contribution >= 4 is 0 Å². The average Bonchev–Trinajstić information content (AvgIpc) is 2.60. The normalized spacial score (nSPS) is 17.4. The molecule has 0 radical (unpaired) electrons. The van der Waals surface area contributed by atoms with Crippen LogP contribution in [0.2, 0.25) is 0 Å². The van der Waals surface area contributed by atoms with E-state index in [9.17, 15) is 8.78 Å². The lowest BCUT2D eigenvalue weighted by Gasteiger charge is -2.23. The molecule has 0 heterocycles. The molecule has 0 saturated heterocycles. The van der Waals surface area contributed by atoms with Crippen molar-refractivity contribution < 1.29 is 27.7 Å². The van der Waals surface area contributed by atoms with Gasteiger partial charge in [0, 0.05) is 19.1 Å². The molecule has 4 nitrogen and oxygen atoms in total. The highest BCUT2D eigenvalue weighted by Crippen LogP contribution is 2.40. The highest BCUT2D eigenvalue weighted by atomic mass is 19.3. The number of hydrogen-bond donors (Lipinski definition) is 0. The number of halogens is 2. The summed E-state index contributed by atoms with van der Waals surface area (Å²) in [7, 11) is 5.88. The van der Waals surface area contributed by atoms with Crippen LogP contribution in [0, 0.1) is 0 Å². The summed E-state index contributed by atoms with van der Waals surface area (Å²) in [4.78, 5) is 0. The maximum absolute atomic E-state index is 14.7. The molecule has 1 aromatic carbocycles. The van der Waals surface area contributed by atoms with Crippen molar-refractivity contribution in [2.24, 2.45) is 0 Å². The number of rotatable bonds is 7. The first-order valence-electron chi connectivity index (χ1n) is 7.53. The van der Waals surface area contributed by atoms with Gasteiger partial charge < -0.3 is 18.9 Å². The van der Waals surface area contributed by atoms with E-state index >= 15 is 0 Å². The van der Waals surface area contributed by atoms with Crippen LogP contribution in [-0.2, 0) is 11.2 Å². The van der Waals surface area contributed by atoms with Crippen molar-refractivity contribution in [2.75, 3.05) is 28.4 Å². The van der Waals surface area contributed by atoms with Crippen LogP contribution in [0.25, 0.3) is 0 Å². The largest absolute Gasteiger partial charge is 0.493 e. The average molecular weight is 340 g/mol. The Balaban J connectivity index is 2.32. The van der Waals surface area contributed by atoms with Gasteiger partial charge in [-0.15, -0.1) is 0 Å². The van der Waals surface area contributed by atoms with E-state index < -0.39 is 12.3 Å². The number of hydrogen-bond acceptors (Lipinski definition) is 4. The Hall–Kier alpha value is -2.08. The number of alkyl halides is 2. The van der Waals surface area contributed by atoms with Gasteiger partial charge >= 0.3 is 0 Å². The van der Waals surface area contributed by atoms with Crippen molar-refractivity contribution in [3.05, 3.63) is 41.5 Å². The molecule has 0 saturated carbocycles. The van der Waals surface area contributed by atoms with Gasteiger partial charge in [-0.05, 0) is 30.2 Å². The van der Waals surface area contributed by atoms with Gasteiger partial charge in [-0.3, -0.25) is 0 Å². The van der Waals surface area contributed by atoms with Crippen molar-refractivity contribution in [1.82, 2.24) is 0 Å². The second kappa shape index (κ2) is 7.66. The minimum absolute atomic E-state index is 0.0469. The van der Waals surface area contributed by atoms with E-state index in [2.05, 4.69) is 0 Å². The molecule has 0 aliphatic heterocycles. The van der Waals surface area contributed by atoms with E-state index in [0.717, 1.165) is 0 Å². The fourth-order valence-corrected chi connectivity index (χ4v) is 2.66. The predicted octanol–water partition coefficient (Wildman–Crippen LogP) is 3.79. The molecule has 1 aliphatic carbocycles. The second-order valence-corrected chi connectivity index (χ2v) is 5.45. The summed E-state index contributed by atoms with van der Waals surface area (Å²) in [6.45, 7) is 0. The zero-order valence-electron chi connectivity index (χ0n) is 14.3. The zero-order valence-corrected chi connectivity index (χ0v) is 14.3. The summed E-state index contributed by atoms with van der Waals surface area (Å²) in [6.07, 6.45) is 4.42. The fourth-order valence-electron chi connectivity index (χ4n) is 2.66. The Morgan fingerprint density at radius 1 is 1.04 bits per heavy atom. The van der Waals surface area contributed by atoms with Crippen LogP contribution in [-0.4, -0.2) is 40.5 Å². The Morgan fingerprint density at radius 2 is 1.67 bits per heavy atom. The fraction of sp³-hybridized carbons (Fsp3) is 0.444. The van der Waals surface area contributed by atoms with E-state index in [1.165, 1.54) is 52.7 Å². The summed E-state index contributed by atoms with van der Waals surface area (Å²) in [6, 6.07) is 3.08. The lowest BCUT2D eigenvalue weighted by Crippen LogP contribution is -2.25. The highest BCUT2D eigenvalue weighted by molar-refractivity contribution is 5.54. The maximum atomic E-state index is 14.7. The molecular formula is C18H22F2O4. The van der Waals surface area contributed by atoms with Crippen molar-refractivity contribution in [3.8, 4) is 17.2 Å². The third-order valence-electron chi connectivity index (χ3n) is 3.91. The first kappa shape index (κ1) is 18.3. The topological polar surface area (TPSA) is 36.9 Å². The molecule has 0 amide bonds. The minimum atomic E-state index is -3.03. The molecular weight excluding hydrogens is 318 g/mol. The summed E-state index contributed by atoms with van der Waals surface area (Å²) in [5.41, 5.74) is 0.345. The third-order valence-corrected chi connectivity index (χ3v) is 3.91. The van der Waals surface area contributed by atoms with Gasteiger partial charge in [-0.25, -0.2) is 8.78 Å². The first-order chi connectivity index (χ1) is 11.4. The van der Waals surface area contributed by atoms with Gasteiger partial charge in [0.05, 0.1) is 27.4 Å². The van der Waals surface area contributed by atoms with Gasteiger partial charge in [-0.1, -0.05) is 12.2 Å². The van der Waals surface area contributed by atoms with Gasteiger partial charge in [0.15, 0.2) is 11.5 Å². The van der Waals surface area contributed by atoms with Crippen LogP contribution in [0.1, 0.15) is 12.0 Å². The molecule has 1 aromatic rings. The summed E-state index contributed by atoms with van der Waals surface area (Å²) in [5.74, 6) is -1.95. The number of ether oxygens (including phenoxy) is 4.